The fourth-order valence-electron chi connectivity index (χ4n) is 2.87. The SMILES string of the molecule is CN(C[C@@H]1CCCN(CC(=O)Nc2ccccc2)C1)S(C)(=O)=O. The van der Waals surface area contributed by atoms with Crippen molar-refractivity contribution >= 4 is 21.6 Å². The van der Waals surface area contributed by atoms with Crippen LogP contribution in [0, 0.1) is 5.92 Å². The number of nitrogens with zero attached hydrogens (tertiary/aromatic N) is 2. The molecule has 1 aliphatic rings. The van der Waals surface area contributed by atoms with Crippen molar-refractivity contribution in [2.24, 2.45) is 5.92 Å². The van der Waals surface area contributed by atoms with E-state index in [2.05, 4.69) is 10.2 Å². The third-order valence-electron chi connectivity index (χ3n) is 4.11. The number of piperidine rings is 1. The third kappa shape index (κ3) is 5.93. The van der Waals surface area contributed by atoms with Crippen LogP contribution < -0.4 is 5.32 Å². The topological polar surface area (TPSA) is 69.7 Å². The summed E-state index contributed by atoms with van der Waals surface area (Å²) in [6, 6.07) is 9.39. The van der Waals surface area contributed by atoms with Crippen LogP contribution in [0.2, 0.25) is 0 Å². The van der Waals surface area contributed by atoms with Gasteiger partial charge < -0.3 is 5.32 Å². The number of amides is 1. The van der Waals surface area contributed by atoms with E-state index in [0.717, 1.165) is 31.6 Å². The Bertz CT molecular complexity index is 619. The number of carbonyl (C=O) groups excluding carboxylic acids is 1. The van der Waals surface area contributed by atoms with Crippen molar-refractivity contribution in [2.75, 3.05) is 44.8 Å². The molecule has 0 saturated carbocycles. The zero-order valence-electron chi connectivity index (χ0n) is 13.7. The number of hydrogen-bond acceptors (Lipinski definition) is 4. The Balaban J connectivity index is 1.83. The average molecular weight is 339 g/mol. The Hall–Kier alpha value is -1.44. The molecule has 23 heavy (non-hydrogen) atoms. The van der Waals surface area contributed by atoms with Gasteiger partial charge in [-0.05, 0) is 37.4 Å². The summed E-state index contributed by atoms with van der Waals surface area (Å²) in [4.78, 5) is 14.2. The molecule has 1 N–H and O–H groups in total. The molecule has 1 amide bonds. The van der Waals surface area contributed by atoms with Gasteiger partial charge in [-0.2, -0.15) is 0 Å². The highest BCUT2D eigenvalue weighted by Crippen LogP contribution is 2.18. The maximum absolute atomic E-state index is 12.1. The van der Waals surface area contributed by atoms with Gasteiger partial charge in [0.05, 0.1) is 12.8 Å². The zero-order chi connectivity index (χ0) is 16.9. The van der Waals surface area contributed by atoms with Gasteiger partial charge in [-0.15, -0.1) is 0 Å². The number of nitrogens with one attached hydrogen (secondary N) is 1. The fourth-order valence-corrected chi connectivity index (χ4v) is 3.35. The molecule has 0 bridgehead atoms. The minimum absolute atomic E-state index is 0.0340. The zero-order valence-corrected chi connectivity index (χ0v) is 14.6. The number of sulfonamides is 1. The smallest absolute Gasteiger partial charge is 0.238 e. The predicted octanol–water partition coefficient (Wildman–Crippen LogP) is 1.23. The van der Waals surface area contributed by atoms with E-state index < -0.39 is 10.0 Å². The van der Waals surface area contributed by atoms with Gasteiger partial charge in [0, 0.05) is 25.8 Å². The fraction of sp³-hybridized carbons (Fsp3) is 0.562. The van der Waals surface area contributed by atoms with Crippen molar-refractivity contribution in [2.45, 2.75) is 12.8 Å². The molecule has 1 aromatic carbocycles. The molecule has 1 aromatic rings. The lowest BCUT2D eigenvalue weighted by atomic mass is 9.98. The maximum atomic E-state index is 12.1. The van der Waals surface area contributed by atoms with Crippen molar-refractivity contribution in [3.05, 3.63) is 30.3 Å². The Morgan fingerprint density at radius 2 is 2.04 bits per heavy atom. The number of rotatable bonds is 6. The molecule has 0 aromatic heterocycles. The van der Waals surface area contributed by atoms with Gasteiger partial charge in [-0.1, -0.05) is 18.2 Å². The molecule has 7 heteroatoms. The molecule has 1 fully saturated rings. The molecule has 1 heterocycles. The van der Waals surface area contributed by atoms with Crippen LogP contribution in [-0.2, 0) is 14.8 Å². The van der Waals surface area contributed by atoms with Crippen molar-refractivity contribution in [3.63, 3.8) is 0 Å². The van der Waals surface area contributed by atoms with Gasteiger partial charge in [0.15, 0.2) is 0 Å². The molecule has 1 atom stereocenters. The average Bonchev–Trinajstić information content (AvgIpc) is 2.47. The number of para-hydroxylation sites is 1. The highest BCUT2D eigenvalue weighted by atomic mass is 32.2. The Kier molecular flexibility index (Phi) is 6.15. The summed E-state index contributed by atoms with van der Waals surface area (Å²) in [6.45, 7) is 2.48. The number of carbonyl (C=O) groups is 1. The Labute approximate surface area is 138 Å². The first kappa shape index (κ1) is 17.9. The summed E-state index contributed by atoms with van der Waals surface area (Å²) in [5.74, 6) is 0.237. The molecule has 2 rings (SSSR count). The van der Waals surface area contributed by atoms with E-state index in [4.69, 9.17) is 0 Å². The lowest BCUT2D eigenvalue weighted by Gasteiger charge is -2.33. The van der Waals surface area contributed by atoms with Crippen LogP contribution in [0.3, 0.4) is 0 Å². The molecule has 0 unspecified atom stereocenters. The summed E-state index contributed by atoms with van der Waals surface area (Å²) >= 11 is 0. The Morgan fingerprint density at radius 1 is 1.35 bits per heavy atom. The number of anilines is 1. The minimum Gasteiger partial charge on any atom is -0.325 e. The van der Waals surface area contributed by atoms with Crippen molar-refractivity contribution in [1.82, 2.24) is 9.21 Å². The lowest BCUT2D eigenvalue weighted by Crippen LogP contribution is -2.44. The second kappa shape index (κ2) is 7.90. The standard InChI is InChI=1S/C16H25N3O3S/c1-18(23(2,21)22)11-14-7-6-10-19(12-14)13-16(20)17-15-8-4-3-5-9-15/h3-5,8-9,14H,6-7,10-13H2,1-2H3,(H,17,20)/t14-/m0/s1. The molecule has 1 aliphatic heterocycles. The molecule has 0 radical (unpaired) electrons. The number of hydrogen-bond donors (Lipinski definition) is 1. The molecule has 0 aliphatic carbocycles. The summed E-state index contributed by atoms with van der Waals surface area (Å²) < 4.78 is 24.4. The van der Waals surface area contributed by atoms with Crippen LogP contribution in [0.15, 0.2) is 30.3 Å². The van der Waals surface area contributed by atoms with E-state index in [1.54, 1.807) is 7.05 Å². The molecule has 128 valence electrons. The van der Waals surface area contributed by atoms with Crippen LogP contribution in [0.4, 0.5) is 5.69 Å². The van der Waals surface area contributed by atoms with Gasteiger partial charge in [0.2, 0.25) is 15.9 Å². The van der Waals surface area contributed by atoms with Gasteiger partial charge in [0.1, 0.15) is 0 Å². The highest BCUT2D eigenvalue weighted by molar-refractivity contribution is 7.88. The predicted molar refractivity (Wildman–Crippen MR) is 91.7 cm³/mol. The summed E-state index contributed by atoms with van der Waals surface area (Å²) in [7, 11) is -1.54. The van der Waals surface area contributed by atoms with Crippen molar-refractivity contribution in [3.8, 4) is 0 Å². The number of benzene rings is 1. The lowest BCUT2D eigenvalue weighted by molar-refractivity contribution is -0.117. The van der Waals surface area contributed by atoms with Gasteiger partial charge in [0.25, 0.3) is 0 Å². The first-order chi connectivity index (χ1) is 10.8. The summed E-state index contributed by atoms with van der Waals surface area (Å²) in [6.07, 6.45) is 3.21. The second-order valence-electron chi connectivity index (χ2n) is 6.20. The highest BCUT2D eigenvalue weighted by Gasteiger charge is 2.24. The molecule has 6 nitrogen and oxygen atoms in total. The van der Waals surface area contributed by atoms with Gasteiger partial charge in [-0.3, -0.25) is 9.69 Å². The van der Waals surface area contributed by atoms with Crippen LogP contribution in [0.25, 0.3) is 0 Å². The first-order valence-corrected chi connectivity index (χ1v) is 9.68. The number of likely N-dealkylation sites (tertiary alicyclic amines) is 1. The van der Waals surface area contributed by atoms with Crippen LogP contribution in [0.1, 0.15) is 12.8 Å². The quantitative estimate of drug-likeness (QED) is 0.846. The van der Waals surface area contributed by atoms with Gasteiger partial charge >= 0.3 is 0 Å². The van der Waals surface area contributed by atoms with E-state index in [0.29, 0.717) is 13.1 Å². The normalized spacial score (nSPS) is 19.7. The Morgan fingerprint density at radius 3 is 2.70 bits per heavy atom. The third-order valence-corrected chi connectivity index (χ3v) is 5.39. The molecular formula is C16H25N3O3S. The van der Waals surface area contributed by atoms with Crippen LogP contribution in [-0.4, -0.2) is 63.0 Å². The molecule has 0 spiro atoms. The van der Waals surface area contributed by atoms with Crippen molar-refractivity contribution in [1.29, 1.82) is 0 Å². The summed E-state index contributed by atoms with van der Waals surface area (Å²) in [5, 5.41) is 2.88. The van der Waals surface area contributed by atoms with Gasteiger partial charge in [-0.25, -0.2) is 12.7 Å². The van der Waals surface area contributed by atoms with E-state index in [1.807, 2.05) is 30.3 Å². The second-order valence-corrected chi connectivity index (χ2v) is 8.29. The molecular weight excluding hydrogens is 314 g/mol. The van der Waals surface area contributed by atoms with E-state index in [9.17, 15) is 13.2 Å². The van der Waals surface area contributed by atoms with E-state index in [-0.39, 0.29) is 11.8 Å². The maximum Gasteiger partial charge on any atom is 0.238 e. The largest absolute Gasteiger partial charge is 0.325 e. The molecule has 1 saturated heterocycles. The van der Waals surface area contributed by atoms with E-state index >= 15 is 0 Å². The summed E-state index contributed by atoms with van der Waals surface area (Å²) in [5.41, 5.74) is 0.794. The van der Waals surface area contributed by atoms with E-state index in [1.165, 1.54) is 10.6 Å². The minimum atomic E-state index is -3.15. The van der Waals surface area contributed by atoms with Crippen LogP contribution >= 0.6 is 0 Å². The monoisotopic (exact) mass is 339 g/mol. The first-order valence-electron chi connectivity index (χ1n) is 7.83. The van der Waals surface area contributed by atoms with Crippen molar-refractivity contribution < 1.29 is 13.2 Å². The van der Waals surface area contributed by atoms with Crippen LogP contribution in [0.5, 0.6) is 0 Å².